The fourth-order valence-electron chi connectivity index (χ4n) is 2.73. The average molecular weight is 325 g/mol. The van der Waals surface area contributed by atoms with Gasteiger partial charge in [-0.15, -0.1) is 0 Å². The number of alkyl halides is 1. The zero-order valence-electron chi connectivity index (χ0n) is 14.1. The first-order chi connectivity index (χ1) is 10.7. The van der Waals surface area contributed by atoms with Gasteiger partial charge in [0.1, 0.15) is 17.1 Å². The fourth-order valence-corrected chi connectivity index (χ4v) is 2.73. The van der Waals surface area contributed by atoms with Crippen molar-refractivity contribution < 1.29 is 18.3 Å². The van der Waals surface area contributed by atoms with Crippen LogP contribution < -0.4 is 0 Å². The van der Waals surface area contributed by atoms with Crippen molar-refractivity contribution in [3.63, 3.8) is 0 Å². The van der Waals surface area contributed by atoms with Crippen LogP contribution in [-0.4, -0.2) is 35.4 Å². The van der Waals surface area contributed by atoms with E-state index in [2.05, 4.69) is 0 Å². The summed E-state index contributed by atoms with van der Waals surface area (Å²) >= 11 is 0. The van der Waals surface area contributed by atoms with Crippen LogP contribution in [0.3, 0.4) is 0 Å². The lowest BCUT2D eigenvalue weighted by Crippen LogP contribution is -2.46. The summed E-state index contributed by atoms with van der Waals surface area (Å²) in [4.78, 5) is 13.5. The highest BCUT2D eigenvalue weighted by Crippen LogP contribution is 2.32. The monoisotopic (exact) mass is 325 g/mol. The second kappa shape index (κ2) is 6.85. The van der Waals surface area contributed by atoms with Crippen molar-refractivity contribution >= 4 is 6.09 Å². The molecule has 3 nitrogen and oxygen atoms in total. The summed E-state index contributed by atoms with van der Waals surface area (Å²) in [5.41, 5.74) is -1.04. The van der Waals surface area contributed by atoms with Crippen molar-refractivity contribution in [1.29, 1.82) is 0 Å². The number of hydrogen-bond acceptors (Lipinski definition) is 2. The van der Waals surface area contributed by atoms with Crippen molar-refractivity contribution in [2.75, 3.05) is 13.1 Å². The maximum atomic E-state index is 14.9. The molecule has 0 N–H and O–H groups in total. The van der Waals surface area contributed by atoms with E-state index in [1.54, 1.807) is 11.0 Å². The second-order valence-electron chi connectivity index (χ2n) is 7.25. The summed E-state index contributed by atoms with van der Waals surface area (Å²) < 4.78 is 33.3. The Bertz CT molecular complexity index is 546. The zero-order valence-corrected chi connectivity index (χ0v) is 14.1. The van der Waals surface area contributed by atoms with E-state index in [1.165, 1.54) is 12.1 Å². The topological polar surface area (TPSA) is 29.5 Å². The minimum atomic E-state index is -1.30. The molecular formula is C18H25F2NO2. The van der Waals surface area contributed by atoms with Crippen LogP contribution in [0, 0.1) is 5.82 Å². The van der Waals surface area contributed by atoms with Gasteiger partial charge in [-0.05, 0) is 64.2 Å². The molecule has 1 heterocycles. The zero-order chi connectivity index (χ0) is 17.1. The molecule has 0 radical (unpaired) electrons. The molecule has 0 aliphatic carbocycles. The van der Waals surface area contributed by atoms with Gasteiger partial charge in [0.15, 0.2) is 0 Å². The van der Waals surface area contributed by atoms with Crippen molar-refractivity contribution in [2.45, 2.75) is 57.7 Å². The lowest BCUT2D eigenvalue weighted by Gasteiger charge is -2.37. The van der Waals surface area contributed by atoms with Crippen LogP contribution in [0.15, 0.2) is 24.3 Å². The van der Waals surface area contributed by atoms with E-state index in [0.29, 0.717) is 38.8 Å². The number of halogens is 2. The molecule has 0 saturated carbocycles. The number of rotatable bonds is 3. The van der Waals surface area contributed by atoms with Gasteiger partial charge in [-0.2, -0.15) is 0 Å². The van der Waals surface area contributed by atoms with Gasteiger partial charge in [0.2, 0.25) is 0 Å². The highest BCUT2D eigenvalue weighted by Gasteiger charge is 2.36. The number of likely N-dealkylation sites (tertiary alicyclic amines) is 1. The molecule has 1 aliphatic heterocycles. The van der Waals surface area contributed by atoms with Crippen LogP contribution in [0.25, 0.3) is 0 Å². The van der Waals surface area contributed by atoms with Gasteiger partial charge in [0, 0.05) is 13.1 Å². The third-order valence-electron chi connectivity index (χ3n) is 4.06. The molecule has 5 heteroatoms. The Morgan fingerprint density at radius 1 is 1.30 bits per heavy atom. The van der Waals surface area contributed by atoms with Crippen LogP contribution >= 0.6 is 0 Å². The van der Waals surface area contributed by atoms with Crippen LogP contribution in [0.5, 0.6) is 0 Å². The molecule has 1 fully saturated rings. The Labute approximate surface area is 136 Å². The van der Waals surface area contributed by atoms with E-state index in [-0.39, 0.29) is 11.9 Å². The molecule has 1 aromatic rings. The van der Waals surface area contributed by atoms with Gasteiger partial charge in [-0.3, -0.25) is 0 Å². The van der Waals surface area contributed by atoms with Gasteiger partial charge in [0.05, 0.1) is 0 Å². The maximum absolute atomic E-state index is 14.9. The molecule has 1 saturated heterocycles. The number of piperidine rings is 1. The first kappa shape index (κ1) is 17.7. The Kier molecular flexibility index (Phi) is 5.27. The number of ether oxygens (including phenoxy) is 1. The van der Waals surface area contributed by atoms with Crippen LogP contribution in [-0.2, 0) is 11.2 Å². The fraction of sp³-hybridized carbons (Fsp3) is 0.611. The predicted molar refractivity (Wildman–Crippen MR) is 85.6 cm³/mol. The third-order valence-corrected chi connectivity index (χ3v) is 4.06. The average Bonchev–Trinajstić information content (AvgIpc) is 2.44. The van der Waals surface area contributed by atoms with Crippen molar-refractivity contribution in [1.82, 2.24) is 4.90 Å². The first-order valence-electron chi connectivity index (χ1n) is 8.08. The van der Waals surface area contributed by atoms with Crippen molar-refractivity contribution in [2.24, 2.45) is 0 Å². The quantitative estimate of drug-likeness (QED) is 0.819. The number of carbonyl (C=O) groups is 1. The van der Waals surface area contributed by atoms with Gasteiger partial charge in [-0.25, -0.2) is 13.6 Å². The number of hydrogen-bond donors (Lipinski definition) is 0. The Balaban J connectivity index is 1.83. The van der Waals surface area contributed by atoms with E-state index in [4.69, 9.17) is 4.74 Å². The molecule has 128 valence electrons. The predicted octanol–water partition coefficient (Wildman–Crippen LogP) is 4.50. The van der Waals surface area contributed by atoms with Crippen molar-refractivity contribution in [3.05, 3.63) is 35.6 Å². The number of nitrogens with zero attached hydrogens (tertiary/aromatic N) is 1. The normalized spacial score (nSPS) is 17.9. The Hall–Kier alpha value is -1.65. The highest BCUT2D eigenvalue weighted by atomic mass is 19.1. The van der Waals surface area contributed by atoms with E-state index in [0.717, 1.165) is 5.56 Å². The third kappa shape index (κ3) is 5.48. The molecule has 0 atom stereocenters. The molecule has 2 rings (SSSR count). The number of amides is 1. The molecule has 23 heavy (non-hydrogen) atoms. The van der Waals surface area contributed by atoms with Crippen LogP contribution in [0.4, 0.5) is 13.6 Å². The van der Waals surface area contributed by atoms with E-state index < -0.39 is 11.3 Å². The van der Waals surface area contributed by atoms with Gasteiger partial charge >= 0.3 is 6.09 Å². The summed E-state index contributed by atoms with van der Waals surface area (Å²) in [5.74, 6) is -0.296. The lowest BCUT2D eigenvalue weighted by atomic mass is 9.87. The summed E-state index contributed by atoms with van der Waals surface area (Å²) in [6.45, 7) is 6.15. The molecule has 0 bridgehead atoms. The van der Waals surface area contributed by atoms with Crippen LogP contribution in [0.1, 0.15) is 45.6 Å². The minimum absolute atomic E-state index is 0.293. The maximum Gasteiger partial charge on any atom is 0.410 e. The number of benzene rings is 1. The largest absolute Gasteiger partial charge is 0.444 e. The molecule has 0 spiro atoms. The smallest absolute Gasteiger partial charge is 0.410 e. The molecule has 1 aromatic carbocycles. The molecule has 0 aromatic heterocycles. The SMILES string of the molecule is CC(C)(C)OC(=O)N1CCC(F)(CCc2cccc(F)c2)CC1. The molecular weight excluding hydrogens is 300 g/mol. The standard InChI is InChI=1S/C18H25F2NO2/c1-17(2,3)23-16(22)21-11-9-18(20,10-12-21)8-7-14-5-4-6-15(19)13-14/h4-6,13H,7-12H2,1-3H3. The van der Waals surface area contributed by atoms with Gasteiger partial charge in [-0.1, -0.05) is 12.1 Å². The van der Waals surface area contributed by atoms with E-state index in [1.807, 2.05) is 26.8 Å². The molecule has 0 unspecified atom stereocenters. The van der Waals surface area contributed by atoms with Gasteiger partial charge < -0.3 is 9.64 Å². The highest BCUT2D eigenvalue weighted by molar-refractivity contribution is 5.68. The number of aryl methyl sites for hydroxylation is 1. The minimum Gasteiger partial charge on any atom is -0.444 e. The lowest BCUT2D eigenvalue weighted by molar-refractivity contribution is 0.00155. The summed E-state index contributed by atoms with van der Waals surface area (Å²) in [6, 6.07) is 6.27. The second-order valence-corrected chi connectivity index (χ2v) is 7.25. The first-order valence-corrected chi connectivity index (χ1v) is 8.08. The van der Waals surface area contributed by atoms with E-state index in [9.17, 15) is 13.6 Å². The Morgan fingerprint density at radius 2 is 1.96 bits per heavy atom. The van der Waals surface area contributed by atoms with Gasteiger partial charge in [0.25, 0.3) is 0 Å². The summed E-state index contributed by atoms with van der Waals surface area (Å²) in [7, 11) is 0. The van der Waals surface area contributed by atoms with Crippen LogP contribution in [0.2, 0.25) is 0 Å². The Morgan fingerprint density at radius 3 is 2.52 bits per heavy atom. The van der Waals surface area contributed by atoms with E-state index >= 15 is 0 Å². The number of carbonyl (C=O) groups excluding carboxylic acids is 1. The summed E-state index contributed by atoms with van der Waals surface area (Å²) in [6.07, 6.45) is 1.05. The molecule has 1 aliphatic rings. The van der Waals surface area contributed by atoms with Crippen molar-refractivity contribution in [3.8, 4) is 0 Å². The molecule has 1 amide bonds. The summed E-state index contributed by atoms with van der Waals surface area (Å²) in [5, 5.41) is 0.